The number of ether oxygens (including phenoxy) is 1. The molecule has 116 valence electrons. The van der Waals surface area contributed by atoms with Crippen molar-refractivity contribution in [3.8, 4) is 0 Å². The van der Waals surface area contributed by atoms with Crippen molar-refractivity contribution < 1.29 is 9.53 Å². The second kappa shape index (κ2) is 8.02. The molecular weight excluding hydrogens is 260 g/mol. The molecule has 2 atom stereocenters. The van der Waals surface area contributed by atoms with Crippen LogP contribution in [-0.4, -0.2) is 12.1 Å². The van der Waals surface area contributed by atoms with Crippen molar-refractivity contribution in [1.82, 2.24) is 0 Å². The Hall–Kier alpha value is -1.57. The third-order valence-corrected chi connectivity index (χ3v) is 3.69. The average molecular weight is 288 g/mol. The zero-order chi connectivity index (χ0) is 15.9. The molecule has 2 unspecified atom stereocenters. The summed E-state index contributed by atoms with van der Waals surface area (Å²) in [6, 6.07) is 10.5. The van der Waals surface area contributed by atoms with Crippen LogP contribution < -0.4 is 0 Å². The van der Waals surface area contributed by atoms with E-state index >= 15 is 0 Å². The number of benzene rings is 1. The molecule has 0 saturated heterocycles. The Kier molecular flexibility index (Phi) is 6.67. The van der Waals surface area contributed by atoms with Gasteiger partial charge in [0.2, 0.25) is 0 Å². The Morgan fingerprint density at radius 3 is 2.29 bits per heavy atom. The van der Waals surface area contributed by atoms with Crippen LogP contribution in [0.1, 0.15) is 46.6 Å². The lowest BCUT2D eigenvalue weighted by molar-refractivity contribution is -0.144. The highest BCUT2D eigenvalue weighted by Crippen LogP contribution is 2.30. The van der Waals surface area contributed by atoms with Gasteiger partial charge in [-0.05, 0) is 35.8 Å². The first-order valence-electron chi connectivity index (χ1n) is 7.72. The molecule has 0 N–H and O–H groups in total. The molecule has 0 aliphatic rings. The number of esters is 1. The second-order valence-electron chi connectivity index (χ2n) is 6.60. The van der Waals surface area contributed by atoms with E-state index in [9.17, 15) is 4.79 Å². The third kappa shape index (κ3) is 6.61. The van der Waals surface area contributed by atoms with Crippen molar-refractivity contribution in [2.75, 3.05) is 0 Å². The predicted molar refractivity (Wildman–Crippen MR) is 88.1 cm³/mol. The highest BCUT2D eigenvalue weighted by molar-refractivity contribution is 5.66. The molecule has 0 amide bonds. The topological polar surface area (TPSA) is 26.3 Å². The van der Waals surface area contributed by atoms with E-state index in [1.165, 1.54) is 12.5 Å². The van der Waals surface area contributed by atoms with Crippen molar-refractivity contribution in [3.05, 3.63) is 48.0 Å². The minimum absolute atomic E-state index is 0.122. The molecule has 0 aromatic heterocycles. The van der Waals surface area contributed by atoms with Gasteiger partial charge in [0.05, 0.1) is 0 Å². The lowest BCUT2D eigenvalue weighted by Gasteiger charge is -2.29. The summed E-state index contributed by atoms with van der Waals surface area (Å²) in [4.78, 5) is 11.1. The summed E-state index contributed by atoms with van der Waals surface area (Å²) in [6.07, 6.45) is 5.93. The first-order chi connectivity index (χ1) is 9.82. The van der Waals surface area contributed by atoms with E-state index < -0.39 is 0 Å². The van der Waals surface area contributed by atoms with Crippen LogP contribution in [0.4, 0.5) is 0 Å². The molecule has 0 heterocycles. The fourth-order valence-electron chi connectivity index (χ4n) is 2.26. The molecule has 1 rings (SSSR count). The average Bonchev–Trinajstić information content (AvgIpc) is 2.41. The van der Waals surface area contributed by atoms with Gasteiger partial charge in [-0.2, -0.15) is 0 Å². The summed E-state index contributed by atoms with van der Waals surface area (Å²) in [5.41, 5.74) is 1.50. The number of allylic oxidation sites excluding steroid dienone is 1. The van der Waals surface area contributed by atoms with Gasteiger partial charge in [-0.15, -0.1) is 0 Å². The zero-order valence-corrected chi connectivity index (χ0v) is 13.9. The monoisotopic (exact) mass is 288 g/mol. The highest BCUT2D eigenvalue weighted by Gasteiger charge is 2.22. The summed E-state index contributed by atoms with van der Waals surface area (Å²) < 4.78 is 5.29. The first-order valence-corrected chi connectivity index (χ1v) is 7.72. The van der Waals surface area contributed by atoms with E-state index in [1.54, 1.807) is 0 Å². The van der Waals surface area contributed by atoms with E-state index in [1.807, 2.05) is 19.1 Å². The molecule has 2 heteroatoms. The summed E-state index contributed by atoms with van der Waals surface area (Å²) in [5, 5.41) is 0. The largest absolute Gasteiger partial charge is 0.458 e. The fraction of sp³-hybridized carbons (Fsp3) is 0.526. The number of carbonyl (C=O) groups excluding carboxylic acids is 1. The summed E-state index contributed by atoms with van der Waals surface area (Å²) in [5.74, 6) is 0.186. The van der Waals surface area contributed by atoms with E-state index in [-0.39, 0.29) is 17.5 Å². The number of rotatable bonds is 6. The molecule has 0 aliphatic carbocycles. The van der Waals surface area contributed by atoms with Crippen LogP contribution in [0.5, 0.6) is 0 Å². The maximum atomic E-state index is 11.1. The zero-order valence-electron chi connectivity index (χ0n) is 13.9. The molecular formula is C19H28O2. The predicted octanol–water partition coefficient (Wildman–Crippen LogP) is 4.79. The molecule has 0 aliphatic heterocycles. The second-order valence-corrected chi connectivity index (χ2v) is 6.60. The fourth-order valence-corrected chi connectivity index (χ4v) is 2.26. The molecule has 0 saturated carbocycles. The minimum Gasteiger partial charge on any atom is -0.458 e. The molecule has 21 heavy (non-hydrogen) atoms. The summed E-state index contributed by atoms with van der Waals surface area (Å²) in [6.45, 7) is 10.2. The van der Waals surface area contributed by atoms with Gasteiger partial charge in [-0.1, -0.05) is 64.1 Å². The van der Waals surface area contributed by atoms with E-state index in [2.05, 4.69) is 51.1 Å². The summed E-state index contributed by atoms with van der Waals surface area (Å²) in [7, 11) is 0. The molecule has 0 bridgehead atoms. The number of hydrogen-bond acceptors (Lipinski definition) is 2. The van der Waals surface area contributed by atoms with Crippen molar-refractivity contribution in [1.29, 1.82) is 0 Å². The maximum absolute atomic E-state index is 11.1. The minimum atomic E-state index is -0.220. The van der Waals surface area contributed by atoms with E-state index in [0.29, 0.717) is 5.92 Å². The SMILES string of the molecule is CCC(/C=C\C(Cc1ccccc1)C(C)(C)C)OC(C)=O. The Balaban J connectivity index is 2.81. The number of carbonyl (C=O) groups is 1. The highest BCUT2D eigenvalue weighted by atomic mass is 16.5. The Bertz CT molecular complexity index is 454. The van der Waals surface area contributed by atoms with Crippen molar-refractivity contribution >= 4 is 5.97 Å². The lowest BCUT2D eigenvalue weighted by Crippen LogP contribution is -2.22. The van der Waals surface area contributed by atoms with Crippen molar-refractivity contribution in [2.45, 2.75) is 53.6 Å². The molecule has 2 nitrogen and oxygen atoms in total. The smallest absolute Gasteiger partial charge is 0.303 e. The van der Waals surface area contributed by atoms with Crippen LogP contribution in [0.3, 0.4) is 0 Å². The standard InChI is InChI=1S/C19H28O2/c1-6-18(21-15(2)20)13-12-17(19(3,4)5)14-16-10-8-7-9-11-16/h7-13,17-18H,6,14H2,1-5H3/b13-12-. The van der Waals surface area contributed by atoms with Gasteiger partial charge in [-0.25, -0.2) is 0 Å². The normalized spacial score (nSPS) is 14.9. The third-order valence-electron chi connectivity index (χ3n) is 3.69. The van der Waals surface area contributed by atoms with Gasteiger partial charge >= 0.3 is 5.97 Å². The Morgan fingerprint density at radius 1 is 1.19 bits per heavy atom. The van der Waals surface area contributed by atoms with Crippen LogP contribution >= 0.6 is 0 Å². The quantitative estimate of drug-likeness (QED) is 0.555. The van der Waals surface area contributed by atoms with Gasteiger partial charge < -0.3 is 4.74 Å². The van der Waals surface area contributed by atoms with Crippen LogP contribution in [0.2, 0.25) is 0 Å². The van der Waals surface area contributed by atoms with Crippen molar-refractivity contribution in [3.63, 3.8) is 0 Å². The Labute approximate surface area is 129 Å². The van der Waals surface area contributed by atoms with Crippen LogP contribution in [-0.2, 0) is 16.0 Å². The van der Waals surface area contributed by atoms with Crippen LogP contribution in [0.25, 0.3) is 0 Å². The van der Waals surface area contributed by atoms with Gasteiger partial charge in [0.15, 0.2) is 0 Å². The van der Waals surface area contributed by atoms with Gasteiger partial charge in [0.25, 0.3) is 0 Å². The van der Waals surface area contributed by atoms with Crippen LogP contribution in [0.15, 0.2) is 42.5 Å². The lowest BCUT2D eigenvalue weighted by atomic mass is 9.77. The number of hydrogen-bond donors (Lipinski definition) is 0. The molecule has 1 aromatic carbocycles. The molecule has 1 aromatic rings. The van der Waals surface area contributed by atoms with E-state index in [0.717, 1.165) is 12.8 Å². The van der Waals surface area contributed by atoms with Gasteiger partial charge in [-0.3, -0.25) is 4.79 Å². The van der Waals surface area contributed by atoms with Crippen molar-refractivity contribution in [2.24, 2.45) is 11.3 Å². The summed E-state index contributed by atoms with van der Waals surface area (Å²) >= 11 is 0. The van der Waals surface area contributed by atoms with Gasteiger partial charge in [0.1, 0.15) is 6.10 Å². The Morgan fingerprint density at radius 2 is 1.81 bits per heavy atom. The maximum Gasteiger partial charge on any atom is 0.303 e. The molecule has 0 radical (unpaired) electrons. The van der Waals surface area contributed by atoms with Crippen LogP contribution in [0, 0.1) is 11.3 Å². The van der Waals surface area contributed by atoms with Gasteiger partial charge in [0, 0.05) is 6.92 Å². The van der Waals surface area contributed by atoms with E-state index in [4.69, 9.17) is 4.74 Å². The molecule has 0 spiro atoms. The molecule has 0 fully saturated rings. The first kappa shape index (κ1) is 17.5.